The fourth-order valence-corrected chi connectivity index (χ4v) is 1.65. The van der Waals surface area contributed by atoms with Crippen molar-refractivity contribution in [2.45, 2.75) is 27.2 Å². The lowest BCUT2D eigenvalue weighted by atomic mass is 10.00. The van der Waals surface area contributed by atoms with E-state index < -0.39 is 11.6 Å². The third-order valence-electron chi connectivity index (χ3n) is 2.79. The van der Waals surface area contributed by atoms with Gasteiger partial charge in [0.1, 0.15) is 0 Å². The van der Waals surface area contributed by atoms with Gasteiger partial charge in [-0.3, -0.25) is 0 Å². The van der Waals surface area contributed by atoms with Gasteiger partial charge in [0.15, 0.2) is 11.6 Å². The summed E-state index contributed by atoms with van der Waals surface area (Å²) in [7, 11) is 0. The van der Waals surface area contributed by atoms with Gasteiger partial charge in [-0.2, -0.15) is 0 Å². The molecule has 0 aromatic heterocycles. The van der Waals surface area contributed by atoms with Crippen LogP contribution in [0.1, 0.15) is 32.8 Å². The first kappa shape index (κ1) is 14.8. The van der Waals surface area contributed by atoms with Crippen LogP contribution in [-0.4, -0.2) is 13.1 Å². The van der Waals surface area contributed by atoms with E-state index in [0.717, 1.165) is 19.5 Å². The molecule has 0 atom stereocenters. The molecule has 1 aromatic rings. The second-order valence-electron chi connectivity index (χ2n) is 4.72. The Bertz CT molecular complexity index is 411. The van der Waals surface area contributed by atoms with Crippen LogP contribution >= 0.6 is 0 Å². The van der Waals surface area contributed by atoms with E-state index >= 15 is 0 Å². The lowest BCUT2D eigenvalue weighted by molar-refractivity contribution is 0.508. The molecule has 0 aliphatic rings. The third-order valence-corrected chi connectivity index (χ3v) is 2.79. The average Bonchev–Trinajstić information content (AvgIpc) is 2.32. The van der Waals surface area contributed by atoms with Gasteiger partial charge in [0.25, 0.3) is 0 Å². The molecular formula is C15H21F2N. The van der Waals surface area contributed by atoms with E-state index in [9.17, 15) is 8.78 Å². The van der Waals surface area contributed by atoms with Crippen molar-refractivity contribution in [3.05, 3.63) is 41.0 Å². The summed E-state index contributed by atoms with van der Waals surface area (Å²) in [6, 6.07) is 4.00. The maximum absolute atomic E-state index is 13.1. The summed E-state index contributed by atoms with van der Waals surface area (Å²) in [6.07, 6.45) is 3.01. The summed E-state index contributed by atoms with van der Waals surface area (Å²) in [5, 5.41) is 3.33. The van der Waals surface area contributed by atoms with Gasteiger partial charge in [0.05, 0.1) is 0 Å². The normalized spacial score (nSPS) is 12.2. The molecule has 1 aromatic carbocycles. The molecule has 1 nitrogen and oxygen atoms in total. The van der Waals surface area contributed by atoms with Gasteiger partial charge >= 0.3 is 0 Å². The highest BCUT2D eigenvalue weighted by Gasteiger charge is 2.05. The van der Waals surface area contributed by atoms with Crippen LogP contribution in [0.15, 0.2) is 23.8 Å². The number of benzene rings is 1. The van der Waals surface area contributed by atoms with Crippen LogP contribution in [0.3, 0.4) is 0 Å². The molecule has 100 valence electrons. The monoisotopic (exact) mass is 253 g/mol. The molecule has 0 heterocycles. The van der Waals surface area contributed by atoms with Gasteiger partial charge in [-0.25, -0.2) is 8.78 Å². The zero-order valence-corrected chi connectivity index (χ0v) is 11.3. The molecule has 0 bridgehead atoms. The van der Waals surface area contributed by atoms with Crippen molar-refractivity contribution in [2.75, 3.05) is 13.1 Å². The number of halogens is 2. The Morgan fingerprint density at radius 2 is 2.00 bits per heavy atom. The Labute approximate surface area is 108 Å². The first-order valence-corrected chi connectivity index (χ1v) is 6.40. The van der Waals surface area contributed by atoms with Crippen molar-refractivity contribution < 1.29 is 8.78 Å². The van der Waals surface area contributed by atoms with Crippen molar-refractivity contribution in [2.24, 2.45) is 5.92 Å². The number of rotatable bonds is 6. The first-order chi connectivity index (χ1) is 8.54. The Kier molecular flexibility index (Phi) is 5.99. The van der Waals surface area contributed by atoms with Crippen LogP contribution in [0.25, 0.3) is 6.08 Å². The van der Waals surface area contributed by atoms with E-state index in [4.69, 9.17) is 0 Å². The lowest BCUT2D eigenvalue weighted by Gasteiger charge is -2.12. The van der Waals surface area contributed by atoms with Crippen LogP contribution < -0.4 is 5.32 Å². The minimum absolute atomic E-state index is 0.377. The molecule has 18 heavy (non-hydrogen) atoms. The third kappa shape index (κ3) is 4.57. The average molecular weight is 253 g/mol. The molecule has 0 aliphatic heterocycles. The van der Waals surface area contributed by atoms with Crippen LogP contribution in [-0.2, 0) is 0 Å². The van der Waals surface area contributed by atoms with Crippen molar-refractivity contribution in [1.82, 2.24) is 5.32 Å². The van der Waals surface area contributed by atoms with Gasteiger partial charge in [-0.15, -0.1) is 0 Å². The summed E-state index contributed by atoms with van der Waals surface area (Å²) in [5.74, 6) is -1.22. The first-order valence-electron chi connectivity index (χ1n) is 6.40. The van der Waals surface area contributed by atoms with Crippen LogP contribution in [0.4, 0.5) is 8.78 Å². The molecule has 0 spiro atoms. The van der Waals surface area contributed by atoms with Gasteiger partial charge in [-0.1, -0.05) is 38.5 Å². The van der Waals surface area contributed by atoms with Crippen molar-refractivity contribution in [1.29, 1.82) is 0 Å². The summed E-state index contributed by atoms with van der Waals surface area (Å²) < 4.78 is 26.0. The second-order valence-corrected chi connectivity index (χ2v) is 4.72. The maximum atomic E-state index is 13.1. The molecule has 0 amide bonds. The lowest BCUT2D eigenvalue weighted by Crippen LogP contribution is -2.19. The van der Waals surface area contributed by atoms with Crippen LogP contribution in [0.5, 0.6) is 0 Å². The summed E-state index contributed by atoms with van der Waals surface area (Å²) in [6.45, 7) is 8.05. The highest BCUT2D eigenvalue weighted by molar-refractivity contribution is 5.53. The van der Waals surface area contributed by atoms with Crippen LogP contribution in [0.2, 0.25) is 0 Å². The predicted molar refractivity (Wildman–Crippen MR) is 72.3 cm³/mol. The van der Waals surface area contributed by atoms with Crippen molar-refractivity contribution in [3.63, 3.8) is 0 Å². The highest BCUT2D eigenvalue weighted by Crippen LogP contribution is 2.16. The molecule has 1 rings (SSSR count). The zero-order valence-electron chi connectivity index (χ0n) is 11.3. The maximum Gasteiger partial charge on any atom is 0.159 e. The molecule has 0 radical (unpaired) electrons. The Morgan fingerprint density at radius 3 is 2.56 bits per heavy atom. The van der Waals surface area contributed by atoms with Gasteiger partial charge in [0, 0.05) is 6.54 Å². The van der Waals surface area contributed by atoms with E-state index in [2.05, 4.69) is 26.1 Å². The van der Waals surface area contributed by atoms with E-state index in [1.807, 2.05) is 6.08 Å². The molecule has 0 unspecified atom stereocenters. The Morgan fingerprint density at radius 1 is 1.28 bits per heavy atom. The smallest absolute Gasteiger partial charge is 0.159 e. The van der Waals surface area contributed by atoms with Gasteiger partial charge in [-0.05, 0) is 36.6 Å². The van der Waals surface area contributed by atoms with Gasteiger partial charge in [0.2, 0.25) is 0 Å². The summed E-state index contributed by atoms with van der Waals surface area (Å²) in [5.41, 5.74) is 1.89. The quantitative estimate of drug-likeness (QED) is 0.755. The zero-order chi connectivity index (χ0) is 13.5. The predicted octanol–water partition coefficient (Wildman–Crippen LogP) is 4.00. The molecule has 3 heteroatoms. The molecule has 1 N–H and O–H groups in total. The number of hydrogen-bond donors (Lipinski definition) is 1. The largest absolute Gasteiger partial charge is 0.313 e. The topological polar surface area (TPSA) is 12.0 Å². The van der Waals surface area contributed by atoms with E-state index in [1.165, 1.54) is 17.7 Å². The molecule has 0 aliphatic carbocycles. The van der Waals surface area contributed by atoms with E-state index in [0.29, 0.717) is 11.5 Å². The fourth-order valence-electron chi connectivity index (χ4n) is 1.65. The van der Waals surface area contributed by atoms with E-state index in [1.54, 1.807) is 6.07 Å². The second kappa shape index (κ2) is 7.27. The van der Waals surface area contributed by atoms with Gasteiger partial charge < -0.3 is 5.32 Å². The molecule has 0 saturated heterocycles. The van der Waals surface area contributed by atoms with Crippen LogP contribution in [0, 0.1) is 17.6 Å². The molecule has 0 fully saturated rings. The molecule has 0 saturated carbocycles. The Balaban J connectivity index is 2.83. The highest BCUT2D eigenvalue weighted by atomic mass is 19.2. The van der Waals surface area contributed by atoms with Crippen molar-refractivity contribution >= 4 is 6.08 Å². The molecular weight excluding hydrogens is 232 g/mol. The summed E-state index contributed by atoms with van der Waals surface area (Å²) in [4.78, 5) is 0. The minimum Gasteiger partial charge on any atom is -0.313 e. The van der Waals surface area contributed by atoms with E-state index in [-0.39, 0.29) is 0 Å². The fraction of sp³-hybridized carbons (Fsp3) is 0.467. The minimum atomic E-state index is -0.803. The standard InChI is InChI=1S/C15H21F2N/c1-4-7-18-10-13(11(2)3)8-12-5-6-14(16)15(17)9-12/h5-6,8-9,11,18H,4,7,10H2,1-3H3. The Hall–Kier alpha value is -1.22. The SMILES string of the molecule is CCCNCC(=Cc1ccc(F)c(F)c1)C(C)C. The summed E-state index contributed by atoms with van der Waals surface area (Å²) >= 11 is 0. The van der Waals surface area contributed by atoms with Crippen molar-refractivity contribution in [3.8, 4) is 0 Å². The number of nitrogens with one attached hydrogen (secondary N) is 1. The number of hydrogen-bond acceptors (Lipinski definition) is 1.